The fourth-order valence-electron chi connectivity index (χ4n) is 2.29. The zero-order valence-corrected chi connectivity index (χ0v) is 17.8. The van der Waals surface area contributed by atoms with E-state index in [4.69, 9.17) is 9.47 Å². The Morgan fingerprint density at radius 1 is 1.15 bits per heavy atom. The number of carbonyl (C=O) groups excluding carboxylic acids is 3. The van der Waals surface area contributed by atoms with Crippen LogP contribution in [0.1, 0.15) is 56.7 Å². The molecule has 0 aliphatic heterocycles. The Balaban J connectivity index is 2.40. The van der Waals surface area contributed by atoms with Crippen molar-refractivity contribution in [3.05, 3.63) is 50.3 Å². The number of amides is 1. The molecule has 6 nitrogen and oxygen atoms in total. The van der Waals surface area contributed by atoms with Gasteiger partial charge in [0.2, 0.25) is 0 Å². The summed E-state index contributed by atoms with van der Waals surface area (Å²) >= 11 is 4.32. The molecule has 1 heterocycles. The highest BCUT2D eigenvalue weighted by molar-refractivity contribution is 9.10. The van der Waals surface area contributed by atoms with Gasteiger partial charge < -0.3 is 14.8 Å². The van der Waals surface area contributed by atoms with Crippen molar-refractivity contribution in [2.45, 2.75) is 33.8 Å². The van der Waals surface area contributed by atoms with E-state index in [2.05, 4.69) is 21.2 Å². The highest BCUT2D eigenvalue weighted by Crippen LogP contribution is 2.35. The van der Waals surface area contributed by atoms with Gasteiger partial charge >= 0.3 is 11.9 Å². The van der Waals surface area contributed by atoms with Gasteiger partial charge in [0, 0.05) is 10.0 Å². The minimum Gasteiger partial charge on any atom is -0.462 e. The molecule has 1 amide bonds. The number of hydrogen-bond acceptors (Lipinski definition) is 6. The maximum absolute atomic E-state index is 12.5. The summed E-state index contributed by atoms with van der Waals surface area (Å²) in [4.78, 5) is 37.5. The first-order valence-electron chi connectivity index (χ1n) is 8.33. The third kappa shape index (κ3) is 5.17. The van der Waals surface area contributed by atoms with Crippen molar-refractivity contribution in [1.29, 1.82) is 0 Å². The van der Waals surface area contributed by atoms with E-state index in [0.29, 0.717) is 11.1 Å². The van der Waals surface area contributed by atoms with Crippen molar-refractivity contribution in [3.63, 3.8) is 0 Å². The van der Waals surface area contributed by atoms with E-state index in [1.54, 1.807) is 52.0 Å². The van der Waals surface area contributed by atoms with E-state index in [0.717, 1.165) is 15.8 Å². The average molecular weight is 454 g/mol. The van der Waals surface area contributed by atoms with Crippen LogP contribution in [-0.4, -0.2) is 30.6 Å². The summed E-state index contributed by atoms with van der Waals surface area (Å²) in [5.74, 6) is -1.53. The highest BCUT2D eigenvalue weighted by Gasteiger charge is 2.28. The highest BCUT2D eigenvalue weighted by atomic mass is 79.9. The normalized spacial score (nSPS) is 10.6. The standard InChI is InChI=1S/C19H20BrNO5S/c1-5-25-18(23)14-11(4)15(19(24)26-10(2)3)27-17(14)21-16(22)12-6-8-13(20)9-7-12/h6-10H,5H2,1-4H3,(H,21,22). The van der Waals surface area contributed by atoms with Crippen molar-refractivity contribution in [2.24, 2.45) is 0 Å². The zero-order valence-electron chi connectivity index (χ0n) is 15.4. The van der Waals surface area contributed by atoms with Crippen molar-refractivity contribution in [3.8, 4) is 0 Å². The van der Waals surface area contributed by atoms with Gasteiger partial charge in [-0.2, -0.15) is 0 Å². The van der Waals surface area contributed by atoms with Crippen LogP contribution in [0.15, 0.2) is 28.7 Å². The summed E-state index contributed by atoms with van der Waals surface area (Å²) in [5.41, 5.74) is 1.02. The first kappa shape index (κ1) is 21.1. The van der Waals surface area contributed by atoms with Crippen molar-refractivity contribution >= 4 is 50.1 Å². The van der Waals surface area contributed by atoms with Crippen LogP contribution in [0.25, 0.3) is 0 Å². The fourth-order valence-corrected chi connectivity index (χ4v) is 3.63. The van der Waals surface area contributed by atoms with E-state index < -0.39 is 17.8 Å². The molecule has 0 fully saturated rings. The molecule has 1 N–H and O–H groups in total. The van der Waals surface area contributed by atoms with Gasteiger partial charge in [-0.15, -0.1) is 11.3 Å². The molecule has 0 radical (unpaired) electrons. The van der Waals surface area contributed by atoms with E-state index in [1.165, 1.54) is 0 Å². The molecule has 1 aromatic heterocycles. The molecule has 2 aromatic rings. The lowest BCUT2D eigenvalue weighted by Crippen LogP contribution is -2.15. The largest absolute Gasteiger partial charge is 0.462 e. The van der Waals surface area contributed by atoms with Gasteiger partial charge in [0.15, 0.2) is 0 Å². The summed E-state index contributed by atoms with van der Waals surface area (Å²) in [7, 11) is 0. The SMILES string of the molecule is CCOC(=O)c1c(NC(=O)c2ccc(Br)cc2)sc(C(=O)OC(C)C)c1C. The fraction of sp³-hybridized carbons (Fsp3) is 0.316. The van der Waals surface area contributed by atoms with E-state index >= 15 is 0 Å². The van der Waals surface area contributed by atoms with Crippen LogP contribution in [0.4, 0.5) is 5.00 Å². The maximum Gasteiger partial charge on any atom is 0.348 e. The number of benzene rings is 1. The Kier molecular flexibility index (Phi) is 7.15. The molecule has 0 aliphatic rings. The number of halogens is 1. The zero-order chi connectivity index (χ0) is 20.1. The van der Waals surface area contributed by atoms with Crippen LogP contribution in [0.5, 0.6) is 0 Å². The van der Waals surface area contributed by atoms with Crippen LogP contribution < -0.4 is 5.32 Å². The van der Waals surface area contributed by atoms with Crippen LogP contribution in [0, 0.1) is 6.92 Å². The Morgan fingerprint density at radius 3 is 2.33 bits per heavy atom. The van der Waals surface area contributed by atoms with Gasteiger partial charge in [-0.3, -0.25) is 4.79 Å². The Labute approximate surface area is 170 Å². The molecular formula is C19H20BrNO5S. The Bertz CT molecular complexity index is 858. The number of carbonyl (C=O) groups is 3. The Morgan fingerprint density at radius 2 is 1.78 bits per heavy atom. The smallest absolute Gasteiger partial charge is 0.348 e. The average Bonchev–Trinajstić information content (AvgIpc) is 2.91. The minimum atomic E-state index is -0.596. The first-order valence-corrected chi connectivity index (χ1v) is 9.93. The summed E-state index contributed by atoms with van der Waals surface area (Å²) in [6.45, 7) is 6.98. The van der Waals surface area contributed by atoms with Crippen LogP contribution >= 0.6 is 27.3 Å². The lowest BCUT2D eigenvalue weighted by Gasteiger charge is -2.07. The predicted molar refractivity (Wildman–Crippen MR) is 108 cm³/mol. The topological polar surface area (TPSA) is 81.7 Å². The van der Waals surface area contributed by atoms with Gasteiger partial charge in [-0.05, 0) is 57.5 Å². The number of thiophene rings is 1. The second-order valence-electron chi connectivity index (χ2n) is 5.90. The Hall–Kier alpha value is -2.19. The number of esters is 2. The molecule has 0 atom stereocenters. The lowest BCUT2D eigenvalue weighted by molar-refractivity contribution is 0.0383. The molecule has 1 aromatic carbocycles. The molecule has 0 unspecified atom stereocenters. The molecule has 0 saturated carbocycles. The summed E-state index contributed by atoms with van der Waals surface area (Å²) < 4.78 is 11.2. The van der Waals surface area contributed by atoms with Gasteiger partial charge in [0.05, 0.1) is 18.3 Å². The molecule has 0 bridgehead atoms. The van der Waals surface area contributed by atoms with E-state index in [-0.39, 0.29) is 28.2 Å². The van der Waals surface area contributed by atoms with Gasteiger partial charge in [0.25, 0.3) is 5.91 Å². The molecule has 2 rings (SSSR count). The molecule has 144 valence electrons. The van der Waals surface area contributed by atoms with Crippen molar-refractivity contribution < 1.29 is 23.9 Å². The lowest BCUT2D eigenvalue weighted by atomic mass is 10.1. The maximum atomic E-state index is 12.5. The quantitative estimate of drug-likeness (QED) is 0.634. The second kappa shape index (κ2) is 9.14. The minimum absolute atomic E-state index is 0.169. The third-order valence-corrected chi connectivity index (χ3v) is 5.20. The van der Waals surface area contributed by atoms with Crippen molar-refractivity contribution in [1.82, 2.24) is 0 Å². The predicted octanol–water partition coefficient (Wildman–Crippen LogP) is 4.81. The number of nitrogens with one attached hydrogen (secondary N) is 1. The summed E-state index contributed by atoms with van der Waals surface area (Å²) in [6.07, 6.45) is -0.300. The molecule has 0 saturated heterocycles. The van der Waals surface area contributed by atoms with Crippen LogP contribution in [0.2, 0.25) is 0 Å². The van der Waals surface area contributed by atoms with Crippen LogP contribution in [0.3, 0.4) is 0 Å². The number of ether oxygens (including phenoxy) is 2. The monoisotopic (exact) mass is 453 g/mol. The molecule has 8 heteroatoms. The third-order valence-electron chi connectivity index (χ3n) is 3.49. The molecule has 0 aliphatic carbocycles. The van der Waals surface area contributed by atoms with Crippen LogP contribution in [-0.2, 0) is 9.47 Å². The van der Waals surface area contributed by atoms with Crippen molar-refractivity contribution in [2.75, 3.05) is 11.9 Å². The van der Waals surface area contributed by atoms with Gasteiger partial charge in [-0.1, -0.05) is 15.9 Å². The summed E-state index contributed by atoms with van der Waals surface area (Å²) in [6, 6.07) is 6.79. The first-order chi connectivity index (χ1) is 12.7. The summed E-state index contributed by atoms with van der Waals surface area (Å²) in [5, 5.41) is 2.97. The molecule has 27 heavy (non-hydrogen) atoms. The second-order valence-corrected chi connectivity index (χ2v) is 7.83. The van der Waals surface area contributed by atoms with E-state index in [9.17, 15) is 14.4 Å². The van der Waals surface area contributed by atoms with Gasteiger partial charge in [-0.25, -0.2) is 9.59 Å². The van der Waals surface area contributed by atoms with Gasteiger partial charge in [0.1, 0.15) is 9.88 Å². The number of hydrogen-bond donors (Lipinski definition) is 1. The number of rotatable bonds is 6. The number of anilines is 1. The molecular weight excluding hydrogens is 434 g/mol. The van der Waals surface area contributed by atoms with E-state index in [1.807, 2.05) is 0 Å². The molecule has 0 spiro atoms.